The standard InChI is InChI=1S/C29H37F2N3O3/c1-18-11-21-15-32-25(33-26(36)23-14-28(23)5-7-29(30,31)8-6-28)13-20(21)12-22(18)19-3-9-34(10-4-19)27(2)17-37-16-24(27)35/h11-13,15,19,23-24,35H,3-10,14,16-17H2,1-2H3,(H,32,33,36). The lowest BCUT2D eigenvalue weighted by molar-refractivity contribution is -0.119. The topological polar surface area (TPSA) is 74.7 Å². The summed E-state index contributed by atoms with van der Waals surface area (Å²) < 4.78 is 32.7. The van der Waals surface area contributed by atoms with Gasteiger partial charge in [-0.05, 0) is 99.0 Å². The molecule has 1 spiro atoms. The van der Waals surface area contributed by atoms with E-state index in [0.717, 1.165) is 36.7 Å². The Balaban J connectivity index is 1.13. The van der Waals surface area contributed by atoms with Gasteiger partial charge in [0.25, 0.3) is 0 Å². The molecule has 0 radical (unpaired) electrons. The summed E-state index contributed by atoms with van der Waals surface area (Å²) in [5.41, 5.74) is 2.03. The molecule has 3 heterocycles. The Kier molecular flexibility index (Phi) is 6.08. The normalized spacial score (nSPS) is 31.6. The molecular formula is C29H37F2N3O3. The van der Waals surface area contributed by atoms with Crippen molar-refractivity contribution in [2.75, 3.05) is 31.6 Å². The third kappa shape index (κ3) is 4.55. The summed E-state index contributed by atoms with van der Waals surface area (Å²) in [6.45, 7) is 7.07. The molecule has 2 aliphatic carbocycles. The van der Waals surface area contributed by atoms with Crippen LogP contribution in [-0.2, 0) is 9.53 Å². The van der Waals surface area contributed by atoms with Gasteiger partial charge in [0.1, 0.15) is 5.82 Å². The van der Waals surface area contributed by atoms with Crippen LogP contribution in [0.3, 0.4) is 0 Å². The van der Waals surface area contributed by atoms with E-state index in [0.29, 0.717) is 44.2 Å². The maximum absolute atomic E-state index is 13.6. The molecule has 2 aliphatic heterocycles. The Bertz CT molecular complexity index is 1200. The van der Waals surface area contributed by atoms with Crippen LogP contribution in [0.4, 0.5) is 14.6 Å². The fourth-order valence-corrected chi connectivity index (χ4v) is 7.09. The number of nitrogens with zero attached hydrogens (tertiary/aromatic N) is 2. The summed E-state index contributed by atoms with van der Waals surface area (Å²) in [6.07, 6.45) is 4.73. The number of carbonyl (C=O) groups excluding carboxylic acids is 1. The third-order valence-corrected chi connectivity index (χ3v) is 9.89. The van der Waals surface area contributed by atoms with Gasteiger partial charge in [0.2, 0.25) is 11.8 Å². The van der Waals surface area contributed by atoms with Crippen molar-refractivity contribution in [1.82, 2.24) is 9.88 Å². The third-order valence-electron chi connectivity index (χ3n) is 9.89. The van der Waals surface area contributed by atoms with Gasteiger partial charge >= 0.3 is 0 Å². The van der Waals surface area contributed by atoms with Crippen LogP contribution in [0.15, 0.2) is 24.4 Å². The first kappa shape index (κ1) is 25.1. The van der Waals surface area contributed by atoms with Crippen LogP contribution < -0.4 is 5.32 Å². The molecule has 2 N–H and O–H groups in total. The first-order chi connectivity index (χ1) is 17.6. The SMILES string of the molecule is Cc1cc2cnc(NC(=O)C3CC34CCC(F)(F)CC4)cc2cc1C1CCN(C2(C)COCC2O)CC1. The molecule has 0 bridgehead atoms. The van der Waals surface area contributed by atoms with Crippen LogP contribution in [0.25, 0.3) is 10.8 Å². The van der Waals surface area contributed by atoms with Gasteiger partial charge in [-0.25, -0.2) is 13.8 Å². The van der Waals surface area contributed by atoms with Crippen molar-refractivity contribution in [2.24, 2.45) is 11.3 Å². The van der Waals surface area contributed by atoms with Crippen molar-refractivity contribution in [1.29, 1.82) is 0 Å². The number of benzene rings is 1. The first-order valence-electron chi connectivity index (χ1n) is 13.7. The number of ether oxygens (including phenoxy) is 1. The van der Waals surface area contributed by atoms with E-state index in [2.05, 4.69) is 41.2 Å². The zero-order chi connectivity index (χ0) is 26.0. The lowest BCUT2D eigenvalue weighted by Crippen LogP contribution is -2.56. The van der Waals surface area contributed by atoms with Gasteiger partial charge in [-0.15, -0.1) is 0 Å². The van der Waals surface area contributed by atoms with E-state index in [4.69, 9.17) is 4.74 Å². The fraction of sp³-hybridized carbons (Fsp3) is 0.655. The van der Waals surface area contributed by atoms with E-state index < -0.39 is 12.0 Å². The molecule has 1 amide bonds. The van der Waals surface area contributed by atoms with Crippen LogP contribution in [0.1, 0.15) is 68.9 Å². The zero-order valence-electron chi connectivity index (χ0n) is 21.7. The van der Waals surface area contributed by atoms with Crippen molar-refractivity contribution in [3.8, 4) is 0 Å². The molecule has 3 unspecified atom stereocenters. The van der Waals surface area contributed by atoms with E-state index in [-0.39, 0.29) is 35.6 Å². The number of amides is 1. The van der Waals surface area contributed by atoms with E-state index in [1.54, 1.807) is 6.20 Å². The van der Waals surface area contributed by atoms with Gasteiger partial charge in [0.05, 0.1) is 24.9 Å². The van der Waals surface area contributed by atoms with Gasteiger partial charge in [-0.1, -0.05) is 6.07 Å². The molecule has 8 heteroatoms. The molecule has 4 fully saturated rings. The number of pyridine rings is 1. The van der Waals surface area contributed by atoms with Crippen molar-refractivity contribution in [3.05, 3.63) is 35.5 Å². The van der Waals surface area contributed by atoms with Crippen molar-refractivity contribution < 1.29 is 23.4 Å². The number of anilines is 1. The molecule has 1 aromatic carbocycles. The summed E-state index contributed by atoms with van der Waals surface area (Å²) in [6, 6.07) is 6.34. The molecule has 1 aromatic heterocycles. The number of aliphatic hydroxyl groups is 1. The number of nitrogens with one attached hydrogen (secondary N) is 1. The number of rotatable bonds is 4. The van der Waals surface area contributed by atoms with Crippen molar-refractivity contribution in [2.45, 2.75) is 82.3 Å². The molecule has 3 atom stereocenters. The second kappa shape index (κ2) is 8.95. The van der Waals surface area contributed by atoms with E-state index in [9.17, 15) is 18.7 Å². The first-order valence-corrected chi connectivity index (χ1v) is 13.7. The molecule has 37 heavy (non-hydrogen) atoms. The average Bonchev–Trinajstić information content (AvgIpc) is 3.49. The summed E-state index contributed by atoms with van der Waals surface area (Å²) in [5.74, 6) is -1.90. The lowest BCUT2D eigenvalue weighted by atomic mass is 9.82. The monoisotopic (exact) mass is 513 g/mol. The number of halogens is 2. The highest BCUT2D eigenvalue weighted by atomic mass is 19.3. The Labute approximate surface area is 216 Å². The van der Waals surface area contributed by atoms with Gasteiger partial charge in [-0.2, -0.15) is 0 Å². The molecule has 6 rings (SSSR count). The van der Waals surface area contributed by atoms with Crippen LogP contribution in [0.5, 0.6) is 0 Å². The van der Waals surface area contributed by atoms with Gasteiger partial charge in [-0.3, -0.25) is 9.69 Å². The number of aryl methyl sites for hydroxylation is 1. The zero-order valence-corrected chi connectivity index (χ0v) is 21.7. The number of carbonyl (C=O) groups is 1. The number of hydrogen-bond donors (Lipinski definition) is 2. The second-order valence-electron chi connectivity index (χ2n) is 12.2. The Morgan fingerprint density at radius 3 is 2.54 bits per heavy atom. The Morgan fingerprint density at radius 1 is 1.14 bits per heavy atom. The predicted octanol–water partition coefficient (Wildman–Crippen LogP) is 5.03. The number of piperidine rings is 1. The highest BCUT2D eigenvalue weighted by Crippen LogP contribution is 2.63. The van der Waals surface area contributed by atoms with Crippen molar-refractivity contribution >= 4 is 22.5 Å². The van der Waals surface area contributed by atoms with E-state index in [1.165, 1.54) is 11.1 Å². The fourth-order valence-electron chi connectivity index (χ4n) is 7.09. The molecular weight excluding hydrogens is 476 g/mol. The second-order valence-corrected chi connectivity index (χ2v) is 12.2. The van der Waals surface area contributed by atoms with Crippen LogP contribution in [0, 0.1) is 18.3 Å². The Morgan fingerprint density at radius 2 is 1.86 bits per heavy atom. The number of fused-ring (bicyclic) bond motifs is 1. The predicted molar refractivity (Wildman–Crippen MR) is 138 cm³/mol. The summed E-state index contributed by atoms with van der Waals surface area (Å²) in [4.78, 5) is 19.8. The van der Waals surface area contributed by atoms with Crippen molar-refractivity contribution in [3.63, 3.8) is 0 Å². The number of likely N-dealkylation sites (tertiary alicyclic amines) is 1. The highest BCUT2D eigenvalue weighted by molar-refractivity contribution is 5.96. The van der Waals surface area contributed by atoms with Gasteiger partial charge in [0.15, 0.2) is 0 Å². The smallest absolute Gasteiger partial charge is 0.248 e. The number of hydrogen-bond acceptors (Lipinski definition) is 5. The molecule has 6 nitrogen and oxygen atoms in total. The molecule has 200 valence electrons. The van der Waals surface area contributed by atoms with Crippen LogP contribution in [0.2, 0.25) is 0 Å². The summed E-state index contributed by atoms with van der Waals surface area (Å²) >= 11 is 0. The minimum atomic E-state index is -2.58. The number of alkyl halides is 2. The maximum Gasteiger partial charge on any atom is 0.248 e. The summed E-state index contributed by atoms with van der Waals surface area (Å²) in [5, 5.41) is 15.5. The minimum Gasteiger partial charge on any atom is -0.389 e. The van der Waals surface area contributed by atoms with Crippen LogP contribution >= 0.6 is 0 Å². The molecule has 2 saturated carbocycles. The quantitative estimate of drug-likeness (QED) is 0.600. The number of aliphatic hydroxyl groups excluding tert-OH is 1. The van der Waals surface area contributed by atoms with E-state index >= 15 is 0 Å². The molecule has 2 aromatic rings. The largest absolute Gasteiger partial charge is 0.389 e. The maximum atomic E-state index is 13.6. The minimum absolute atomic E-state index is 0.0941. The van der Waals surface area contributed by atoms with E-state index in [1.807, 2.05) is 6.07 Å². The lowest BCUT2D eigenvalue weighted by Gasteiger charge is -2.44. The van der Waals surface area contributed by atoms with Gasteiger partial charge in [0, 0.05) is 30.3 Å². The van der Waals surface area contributed by atoms with Crippen LogP contribution in [-0.4, -0.2) is 64.8 Å². The average molecular weight is 514 g/mol. The van der Waals surface area contributed by atoms with Gasteiger partial charge < -0.3 is 15.2 Å². The summed E-state index contributed by atoms with van der Waals surface area (Å²) in [7, 11) is 0. The molecule has 2 saturated heterocycles. The molecule has 4 aliphatic rings. The highest BCUT2D eigenvalue weighted by Gasteiger charge is 2.61. The number of aromatic nitrogens is 1. The Hall–Kier alpha value is -2.16.